The fourth-order valence-corrected chi connectivity index (χ4v) is 1.40. The molecule has 0 aliphatic carbocycles. The fourth-order valence-electron chi connectivity index (χ4n) is 1.40. The summed E-state index contributed by atoms with van der Waals surface area (Å²) in [4.78, 5) is 0. The second-order valence-corrected chi connectivity index (χ2v) is 2.95. The normalized spacial score (nSPS) is 29.6. The van der Waals surface area contributed by atoms with Crippen molar-refractivity contribution in [3.63, 3.8) is 0 Å². The summed E-state index contributed by atoms with van der Waals surface area (Å²) in [7, 11) is 0. The van der Waals surface area contributed by atoms with Crippen molar-refractivity contribution >= 4 is 0 Å². The van der Waals surface area contributed by atoms with Crippen LogP contribution in [0.1, 0.15) is 19.8 Å². The van der Waals surface area contributed by atoms with E-state index in [1.807, 2.05) is 6.92 Å². The van der Waals surface area contributed by atoms with Crippen LogP contribution in [-0.2, 0) is 0 Å². The van der Waals surface area contributed by atoms with Crippen LogP contribution in [0.3, 0.4) is 0 Å². The van der Waals surface area contributed by atoms with Crippen LogP contribution in [0.4, 0.5) is 0 Å². The van der Waals surface area contributed by atoms with Gasteiger partial charge in [-0.3, -0.25) is 0 Å². The van der Waals surface area contributed by atoms with Crippen LogP contribution in [0.5, 0.6) is 0 Å². The molecule has 0 aromatic heterocycles. The molecule has 1 aliphatic rings. The van der Waals surface area contributed by atoms with Gasteiger partial charge in [0.2, 0.25) is 0 Å². The molecule has 1 fully saturated rings. The molecule has 2 nitrogen and oxygen atoms in total. The number of rotatable bonds is 2. The highest BCUT2D eigenvalue weighted by Crippen LogP contribution is 2.14. The van der Waals surface area contributed by atoms with Crippen LogP contribution in [0.15, 0.2) is 0 Å². The van der Waals surface area contributed by atoms with E-state index in [9.17, 15) is 5.11 Å². The first-order valence-electron chi connectivity index (χ1n) is 4.13. The summed E-state index contributed by atoms with van der Waals surface area (Å²) in [5, 5.41) is 12.5. The molecule has 2 heteroatoms. The second-order valence-electron chi connectivity index (χ2n) is 2.95. The third-order valence-electron chi connectivity index (χ3n) is 2.12. The zero-order valence-corrected chi connectivity index (χ0v) is 6.93. The van der Waals surface area contributed by atoms with Crippen LogP contribution < -0.4 is 5.32 Å². The molecule has 11 heavy (non-hydrogen) atoms. The minimum Gasteiger partial charge on any atom is -0.391 e. The summed E-state index contributed by atoms with van der Waals surface area (Å²) >= 11 is 0. The molecule has 62 valence electrons. The van der Waals surface area contributed by atoms with Crippen molar-refractivity contribution in [2.75, 3.05) is 13.1 Å². The van der Waals surface area contributed by atoms with Crippen molar-refractivity contribution in [1.82, 2.24) is 5.32 Å². The van der Waals surface area contributed by atoms with E-state index in [-0.39, 0.29) is 6.10 Å². The highest BCUT2D eigenvalue weighted by Gasteiger charge is 2.23. The molecule has 0 bridgehead atoms. The molecule has 2 atom stereocenters. The van der Waals surface area contributed by atoms with Crippen LogP contribution in [0, 0.1) is 17.8 Å². The first-order valence-corrected chi connectivity index (χ1v) is 4.13. The third kappa shape index (κ3) is 2.53. The molecular weight excluding hydrogens is 138 g/mol. The number of nitrogens with one attached hydrogen (secondary N) is 1. The van der Waals surface area contributed by atoms with Crippen molar-refractivity contribution in [2.24, 2.45) is 5.92 Å². The first-order chi connectivity index (χ1) is 5.34. The van der Waals surface area contributed by atoms with E-state index in [4.69, 9.17) is 0 Å². The summed E-state index contributed by atoms with van der Waals surface area (Å²) in [6, 6.07) is 0. The molecular formula is C9H15NO. The van der Waals surface area contributed by atoms with Gasteiger partial charge in [-0.25, -0.2) is 0 Å². The summed E-state index contributed by atoms with van der Waals surface area (Å²) < 4.78 is 0. The molecule has 0 radical (unpaired) electrons. The zero-order chi connectivity index (χ0) is 8.10. The van der Waals surface area contributed by atoms with Gasteiger partial charge in [-0.1, -0.05) is 0 Å². The summed E-state index contributed by atoms with van der Waals surface area (Å²) in [5.74, 6) is 6.29. The van der Waals surface area contributed by atoms with E-state index in [1.54, 1.807) is 0 Å². The van der Waals surface area contributed by atoms with Gasteiger partial charge in [-0.2, -0.15) is 0 Å². The molecule has 0 aromatic rings. The second kappa shape index (κ2) is 4.38. The van der Waals surface area contributed by atoms with Crippen molar-refractivity contribution in [3.8, 4) is 11.8 Å². The van der Waals surface area contributed by atoms with Crippen molar-refractivity contribution < 1.29 is 5.11 Å². The van der Waals surface area contributed by atoms with Crippen molar-refractivity contribution in [3.05, 3.63) is 0 Å². The lowest BCUT2D eigenvalue weighted by molar-refractivity contribution is 0.144. The van der Waals surface area contributed by atoms with Crippen molar-refractivity contribution in [1.29, 1.82) is 0 Å². The first kappa shape index (κ1) is 8.58. The highest BCUT2D eigenvalue weighted by atomic mass is 16.3. The molecule has 2 N–H and O–H groups in total. The Hall–Kier alpha value is -0.520. The van der Waals surface area contributed by atoms with E-state index in [2.05, 4.69) is 17.2 Å². The van der Waals surface area contributed by atoms with Gasteiger partial charge in [0.1, 0.15) is 0 Å². The van der Waals surface area contributed by atoms with Gasteiger partial charge in [0.15, 0.2) is 0 Å². The third-order valence-corrected chi connectivity index (χ3v) is 2.12. The van der Waals surface area contributed by atoms with Gasteiger partial charge in [-0.15, -0.1) is 11.8 Å². The maximum atomic E-state index is 9.38. The number of aliphatic hydroxyl groups is 1. The number of β-amino-alcohol motifs (C(OH)–C–C–N with tert-alkyl or cyclic N) is 1. The van der Waals surface area contributed by atoms with Gasteiger partial charge < -0.3 is 10.4 Å². The van der Waals surface area contributed by atoms with E-state index in [1.165, 1.54) is 0 Å². The van der Waals surface area contributed by atoms with Crippen LogP contribution in [-0.4, -0.2) is 24.3 Å². The van der Waals surface area contributed by atoms with E-state index in [0.29, 0.717) is 5.92 Å². The maximum Gasteiger partial charge on any atom is 0.0705 e. The molecule has 2 unspecified atom stereocenters. The average Bonchev–Trinajstić information content (AvgIpc) is 2.37. The number of aliphatic hydroxyl groups excluding tert-OH is 1. The SMILES string of the molecule is CC#CCCC1CNCC1O. The highest BCUT2D eigenvalue weighted by molar-refractivity contribution is 4.96. The molecule has 0 aromatic carbocycles. The number of hydrogen-bond donors (Lipinski definition) is 2. The Morgan fingerprint density at radius 3 is 2.91 bits per heavy atom. The monoisotopic (exact) mass is 153 g/mol. The predicted molar refractivity (Wildman–Crippen MR) is 45.1 cm³/mol. The Bertz CT molecular complexity index is 168. The Balaban J connectivity index is 2.18. The largest absolute Gasteiger partial charge is 0.391 e. The van der Waals surface area contributed by atoms with Crippen LogP contribution in [0.25, 0.3) is 0 Å². The van der Waals surface area contributed by atoms with Crippen LogP contribution >= 0.6 is 0 Å². The van der Waals surface area contributed by atoms with Gasteiger partial charge in [-0.05, 0) is 19.3 Å². The Morgan fingerprint density at radius 2 is 2.36 bits per heavy atom. The maximum absolute atomic E-state index is 9.38. The molecule has 1 rings (SSSR count). The molecule has 1 saturated heterocycles. The summed E-state index contributed by atoms with van der Waals surface area (Å²) in [5.41, 5.74) is 0. The smallest absolute Gasteiger partial charge is 0.0705 e. The van der Waals surface area contributed by atoms with Crippen molar-refractivity contribution in [2.45, 2.75) is 25.9 Å². The van der Waals surface area contributed by atoms with E-state index < -0.39 is 0 Å². The van der Waals surface area contributed by atoms with E-state index >= 15 is 0 Å². The minimum atomic E-state index is -0.145. The average molecular weight is 153 g/mol. The molecule has 1 heterocycles. The standard InChI is InChI=1S/C9H15NO/c1-2-3-4-5-8-6-10-7-9(8)11/h8-11H,4-7H2,1H3. The lowest BCUT2D eigenvalue weighted by atomic mass is 10.0. The zero-order valence-electron chi connectivity index (χ0n) is 6.93. The molecule has 0 amide bonds. The Morgan fingerprint density at radius 1 is 1.55 bits per heavy atom. The van der Waals surface area contributed by atoms with Gasteiger partial charge in [0, 0.05) is 19.5 Å². The Labute approximate surface area is 68.0 Å². The lowest BCUT2D eigenvalue weighted by Crippen LogP contribution is -2.17. The summed E-state index contributed by atoms with van der Waals surface area (Å²) in [6.07, 6.45) is 1.79. The minimum absolute atomic E-state index is 0.145. The van der Waals surface area contributed by atoms with E-state index in [0.717, 1.165) is 25.9 Å². The van der Waals surface area contributed by atoms with Gasteiger partial charge in [0.25, 0.3) is 0 Å². The molecule has 0 saturated carbocycles. The lowest BCUT2D eigenvalue weighted by Gasteiger charge is -2.09. The Kier molecular flexibility index (Phi) is 3.41. The molecule has 1 aliphatic heterocycles. The number of hydrogen-bond acceptors (Lipinski definition) is 2. The van der Waals surface area contributed by atoms with Crippen LogP contribution in [0.2, 0.25) is 0 Å². The predicted octanol–water partition coefficient (Wildman–Crippen LogP) is 0.370. The molecule has 0 spiro atoms. The summed E-state index contributed by atoms with van der Waals surface area (Å²) in [6.45, 7) is 3.56. The van der Waals surface area contributed by atoms with Gasteiger partial charge in [0.05, 0.1) is 6.10 Å². The quantitative estimate of drug-likeness (QED) is 0.562. The fraction of sp³-hybridized carbons (Fsp3) is 0.778. The topological polar surface area (TPSA) is 32.3 Å². The van der Waals surface area contributed by atoms with Gasteiger partial charge >= 0.3 is 0 Å².